The number of rotatable bonds is 4. The number of nitrogens with one attached hydrogen (secondary N) is 1. The van der Waals surface area contributed by atoms with Crippen LogP contribution in [0.1, 0.15) is 30.6 Å². The van der Waals surface area contributed by atoms with Crippen LogP contribution in [0.4, 0.5) is 5.69 Å². The van der Waals surface area contributed by atoms with Crippen molar-refractivity contribution in [1.82, 2.24) is 5.32 Å². The second kappa shape index (κ2) is 6.06. The van der Waals surface area contributed by atoms with Gasteiger partial charge >= 0.3 is 5.97 Å². The fourth-order valence-corrected chi connectivity index (χ4v) is 2.65. The summed E-state index contributed by atoms with van der Waals surface area (Å²) in [6.07, 6.45) is 1.15. The normalized spacial score (nSPS) is 19.7. The fourth-order valence-electron chi connectivity index (χ4n) is 2.65. The molecule has 1 heterocycles. The third kappa shape index (κ3) is 3.47. The molecule has 1 aliphatic heterocycles. The fraction of sp³-hybridized carbons (Fsp3) is 0.533. The molecule has 0 radical (unpaired) electrons. The number of hydrogen-bond donors (Lipinski definition) is 2. The van der Waals surface area contributed by atoms with Crippen molar-refractivity contribution in [2.45, 2.75) is 26.3 Å². The summed E-state index contributed by atoms with van der Waals surface area (Å²) in [5.41, 5.74) is 1.47. The SMILES string of the molecule is CC(C)C[C@@H]1CNCCN1c1ccc(C(=O)O)cc1. The number of piperazine rings is 1. The summed E-state index contributed by atoms with van der Waals surface area (Å²) in [7, 11) is 0. The largest absolute Gasteiger partial charge is 0.478 e. The minimum absolute atomic E-state index is 0.347. The first-order valence-corrected chi connectivity index (χ1v) is 6.88. The van der Waals surface area contributed by atoms with Crippen LogP contribution in [0.25, 0.3) is 0 Å². The Morgan fingerprint density at radius 3 is 2.68 bits per heavy atom. The topological polar surface area (TPSA) is 52.6 Å². The Labute approximate surface area is 114 Å². The van der Waals surface area contributed by atoms with Gasteiger partial charge in [0.05, 0.1) is 5.56 Å². The minimum atomic E-state index is -0.870. The van der Waals surface area contributed by atoms with Gasteiger partial charge in [-0.1, -0.05) is 13.8 Å². The summed E-state index contributed by atoms with van der Waals surface area (Å²) in [6.45, 7) is 7.43. The van der Waals surface area contributed by atoms with Crippen LogP contribution in [-0.4, -0.2) is 36.8 Å². The molecule has 104 valence electrons. The summed E-state index contributed by atoms with van der Waals surface area (Å²) < 4.78 is 0. The predicted octanol–water partition coefficient (Wildman–Crippen LogP) is 2.21. The van der Waals surface area contributed by atoms with E-state index in [0.29, 0.717) is 17.5 Å². The molecular weight excluding hydrogens is 240 g/mol. The molecule has 4 nitrogen and oxygen atoms in total. The van der Waals surface area contributed by atoms with Crippen molar-refractivity contribution in [2.75, 3.05) is 24.5 Å². The molecule has 1 aromatic rings. The first-order valence-electron chi connectivity index (χ1n) is 6.88. The maximum atomic E-state index is 10.9. The van der Waals surface area contributed by atoms with Crippen LogP contribution < -0.4 is 10.2 Å². The van der Waals surface area contributed by atoms with Crippen molar-refractivity contribution in [3.63, 3.8) is 0 Å². The number of nitrogens with zero attached hydrogens (tertiary/aromatic N) is 1. The third-order valence-corrected chi connectivity index (χ3v) is 3.54. The van der Waals surface area contributed by atoms with E-state index < -0.39 is 5.97 Å². The molecule has 1 aromatic carbocycles. The molecule has 4 heteroatoms. The first kappa shape index (κ1) is 13.9. The monoisotopic (exact) mass is 262 g/mol. The second-order valence-corrected chi connectivity index (χ2v) is 5.53. The molecule has 0 spiro atoms. The van der Waals surface area contributed by atoms with E-state index in [1.165, 1.54) is 0 Å². The van der Waals surface area contributed by atoms with Crippen LogP contribution >= 0.6 is 0 Å². The molecule has 1 aliphatic rings. The van der Waals surface area contributed by atoms with Crippen LogP contribution in [0.2, 0.25) is 0 Å². The van der Waals surface area contributed by atoms with Gasteiger partial charge in [-0.25, -0.2) is 4.79 Å². The van der Waals surface area contributed by atoms with Crippen LogP contribution in [0.15, 0.2) is 24.3 Å². The number of carboxylic acid groups (broad SMARTS) is 1. The third-order valence-electron chi connectivity index (χ3n) is 3.54. The van der Waals surface area contributed by atoms with E-state index in [1.54, 1.807) is 12.1 Å². The maximum Gasteiger partial charge on any atom is 0.335 e. The highest BCUT2D eigenvalue weighted by Crippen LogP contribution is 2.22. The van der Waals surface area contributed by atoms with E-state index >= 15 is 0 Å². The number of aromatic carboxylic acids is 1. The van der Waals surface area contributed by atoms with E-state index in [4.69, 9.17) is 5.11 Å². The summed E-state index contributed by atoms with van der Waals surface area (Å²) >= 11 is 0. The highest BCUT2D eigenvalue weighted by molar-refractivity contribution is 5.88. The Bertz CT molecular complexity index is 428. The van der Waals surface area contributed by atoms with Gasteiger partial charge in [0.15, 0.2) is 0 Å². The second-order valence-electron chi connectivity index (χ2n) is 5.53. The van der Waals surface area contributed by atoms with Crippen molar-refractivity contribution < 1.29 is 9.90 Å². The smallest absolute Gasteiger partial charge is 0.335 e. The van der Waals surface area contributed by atoms with Gasteiger partial charge in [0.25, 0.3) is 0 Å². The molecule has 2 N–H and O–H groups in total. The molecular formula is C15H22N2O2. The Kier molecular flexibility index (Phi) is 4.43. The predicted molar refractivity (Wildman–Crippen MR) is 76.9 cm³/mol. The van der Waals surface area contributed by atoms with E-state index in [1.807, 2.05) is 12.1 Å². The highest BCUT2D eigenvalue weighted by Gasteiger charge is 2.23. The number of carboxylic acids is 1. The van der Waals surface area contributed by atoms with Crippen molar-refractivity contribution >= 4 is 11.7 Å². The van der Waals surface area contributed by atoms with Gasteiger partial charge in [-0.3, -0.25) is 0 Å². The lowest BCUT2D eigenvalue weighted by Gasteiger charge is -2.39. The zero-order chi connectivity index (χ0) is 13.8. The van der Waals surface area contributed by atoms with Crippen molar-refractivity contribution in [1.29, 1.82) is 0 Å². The maximum absolute atomic E-state index is 10.9. The molecule has 1 saturated heterocycles. The van der Waals surface area contributed by atoms with Crippen molar-refractivity contribution in [3.8, 4) is 0 Å². The van der Waals surface area contributed by atoms with Crippen LogP contribution in [-0.2, 0) is 0 Å². The first-order chi connectivity index (χ1) is 9.08. The summed E-state index contributed by atoms with van der Waals surface area (Å²) in [5.74, 6) is -0.212. The van der Waals surface area contributed by atoms with Gasteiger partial charge in [0, 0.05) is 31.4 Å². The van der Waals surface area contributed by atoms with Gasteiger partial charge in [-0.15, -0.1) is 0 Å². The van der Waals surface area contributed by atoms with E-state index in [2.05, 4.69) is 24.1 Å². The zero-order valence-electron chi connectivity index (χ0n) is 11.6. The average Bonchev–Trinajstić information content (AvgIpc) is 2.39. The van der Waals surface area contributed by atoms with Gasteiger partial charge in [0.2, 0.25) is 0 Å². The summed E-state index contributed by atoms with van der Waals surface area (Å²) in [5, 5.41) is 12.4. The van der Waals surface area contributed by atoms with E-state index in [9.17, 15) is 4.79 Å². The molecule has 0 aromatic heterocycles. The number of hydrogen-bond acceptors (Lipinski definition) is 3. The van der Waals surface area contributed by atoms with E-state index in [0.717, 1.165) is 31.7 Å². The Morgan fingerprint density at radius 1 is 1.42 bits per heavy atom. The van der Waals surface area contributed by atoms with Gasteiger partial charge < -0.3 is 15.3 Å². The van der Waals surface area contributed by atoms with Crippen LogP contribution in [0, 0.1) is 5.92 Å². The summed E-state index contributed by atoms with van der Waals surface area (Å²) in [6, 6.07) is 7.70. The van der Waals surface area contributed by atoms with E-state index in [-0.39, 0.29) is 0 Å². The molecule has 0 saturated carbocycles. The number of carbonyl (C=O) groups is 1. The molecule has 0 aliphatic carbocycles. The number of benzene rings is 1. The summed E-state index contributed by atoms with van der Waals surface area (Å²) in [4.78, 5) is 13.3. The molecule has 19 heavy (non-hydrogen) atoms. The van der Waals surface area contributed by atoms with Gasteiger partial charge in [-0.2, -0.15) is 0 Å². The van der Waals surface area contributed by atoms with Gasteiger partial charge in [0.1, 0.15) is 0 Å². The van der Waals surface area contributed by atoms with Gasteiger partial charge in [-0.05, 0) is 36.6 Å². The van der Waals surface area contributed by atoms with Crippen molar-refractivity contribution in [3.05, 3.63) is 29.8 Å². The molecule has 0 unspecified atom stereocenters. The molecule has 1 fully saturated rings. The zero-order valence-corrected chi connectivity index (χ0v) is 11.6. The lowest BCUT2D eigenvalue weighted by molar-refractivity contribution is 0.0697. The lowest BCUT2D eigenvalue weighted by Crippen LogP contribution is -2.51. The quantitative estimate of drug-likeness (QED) is 0.873. The molecule has 0 amide bonds. The highest BCUT2D eigenvalue weighted by atomic mass is 16.4. The average molecular weight is 262 g/mol. The lowest BCUT2D eigenvalue weighted by atomic mass is 10.00. The van der Waals surface area contributed by atoms with Crippen LogP contribution in [0.3, 0.4) is 0 Å². The molecule has 2 rings (SSSR count). The standard InChI is InChI=1S/C15H22N2O2/c1-11(2)9-14-10-16-7-8-17(14)13-5-3-12(4-6-13)15(18)19/h3-6,11,14,16H,7-10H2,1-2H3,(H,18,19)/t14-/m1/s1. The molecule has 1 atom stereocenters. The Hall–Kier alpha value is -1.55. The number of anilines is 1. The Balaban J connectivity index is 2.15. The van der Waals surface area contributed by atoms with Crippen molar-refractivity contribution in [2.24, 2.45) is 5.92 Å². The Morgan fingerprint density at radius 2 is 2.11 bits per heavy atom. The van der Waals surface area contributed by atoms with Crippen LogP contribution in [0.5, 0.6) is 0 Å². The molecule has 0 bridgehead atoms. The minimum Gasteiger partial charge on any atom is -0.478 e.